The van der Waals surface area contributed by atoms with Crippen molar-refractivity contribution in [2.24, 2.45) is 0 Å². The van der Waals surface area contributed by atoms with Crippen molar-refractivity contribution >= 4 is 11.7 Å². The number of aromatic amines is 1. The van der Waals surface area contributed by atoms with Crippen molar-refractivity contribution < 1.29 is 4.79 Å². The van der Waals surface area contributed by atoms with Crippen LogP contribution in [0.5, 0.6) is 0 Å². The number of rotatable bonds is 2. The Bertz CT molecular complexity index is 804. The molecule has 6 heteroatoms. The van der Waals surface area contributed by atoms with E-state index >= 15 is 0 Å². The molecule has 1 aromatic carbocycles. The molecule has 4 rings (SSSR count). The summed E-state index contributed by atoms with van der Waals surface area (Å²) in [7, 11) is 0. The van der Waals surface area contributed by atoms with Crippen LogP contribution in [0, 0.1) is 0 Å². The Morgan fingerprint density at radius 1 is 1.08 bits per heavy atom. The average Bonchev–Trinajstić information content (AvgIpc) is 2.68. The van der Waals surface area contributed by atoms with Crippen LogP contribution in [0.15, 0.2) is 41.2 Å². The number of piperazine rings is 1. The molecule has 130 valence electrons. The van der Waals surface area contributed by atoms with Crippen molar-refractivity contribution in [2.75, 3.05) is 31.1 Å². The second kappa shape index (κ2) is 6.70. The summed E-state index contributed by atoms with van der Waals surface area (Å²) in [4.78, 5) is 28.3. The molecule has 1 N–H and O–H groups in total. The van der Waals surface area contributed by atoms with E-state index < -0.39 is 0 Å². The van der Waals surface area contributed by atoms with E-state index in [4.69, 9.17) is 0 Å². The molecular weight excluding hydrogens is 316 g/mol. The minimum absolute atomic E-state index is 0.00250. The number of carbonyl (C=O) groups is 1. The maximum atomic E-state index is 13.0. The summed E-state index contributed by atoms with van der Waals surface area (Å²) >= 11 is 0. The van der Waals surface area contributed by atoms with Crippen LogP contribution in [0.25, 0.3) is 0 Å². The SMILES string of the molecule is O=C(C1CCCc2ccccc21)N1CCN(c2ccc(=O)[nH]n2)CC1. The highest BCUT2D eigenvalue weighted by Crippen LogP contribution is 2.33. The van der Waals surface area contributed by atoms with E-state index in [1.165, 1.54) is 17.2 Å². The molecule has 1 saturated heterocycles. The molecule has 1 aliphatic carbocycles. The molecule has 1 aromatic heterocycles. The van der Waals surface area contributed by atoms with Gasteiger partial charge < -0.3 is 9.80 Å². The van der Waals surface area contributed by atoms with E-state index in [1.54, 1.807) is 6.07 Å². The summed E-state index contributed by atoms with van der Waals surface area (Å²) in [5.74, 6) is 1.01. The number of benzene rings is 1. The summed E-state index contributed by atoms with van der Waals surface area (Å²) in [6.07, 6.45) is 3.10. The van der Waals surface area contributed by atoms with Crippen LogP contribution in [0.3, 0.4) is 0 Å². The van der Waals surface area contributed by atoms with Gasteiger partial charge in [0.1, 0.15) is 5.82 Å². The quantitative estimate of drug-likeness (QED) is 0.902. The molecule has 0 radical (unpaired) electrons. The fraction of sp³-hybridized carbons (Fsp3) is 0.421. The first-order valence-corrected chi connectivity index (χ1v) is 8.89. The van der Waals surface area contributed by atoms with E-state index in [2.05, 4.69) is 33.3 Å². The predicted molar refractivity (Wildman–Crippen MR) is 95.8 cm³/mol. The average molecular weight is 338 g/mol. The number of H-pyrrole nitrogens is 1. The number of nitrogens with zero attached hydrogens (tertiary/aromatic N) is 3. The van der Waals surface area contributed by atoms with E-state index in [0.717, 1.165) is 38.2 Å². The highest BCUT2D eigenvalue weighted by Gasteiger charge is 2.31. The van der Waals surface area contributed by atoms with Crippen LogP contribution < -0.4 is 10.5 Å². The summed E-state index contributed by atoms with van der Waals surface area (Å²) < 4.78 is 0. The normalized spacial score (nSPS) is 20.2. The van der Waals surface area contributed by atoms with Gasteiger partial charge in [-0.25, -0.2) is 5.10 Å². The summed E-state index contributed by atoms with van der Waals surface area (Å²) in [6, 6.07) is 11.6. The molecule has 1 fully saturated rings. The van der Waals surface area contributed by atoms with Gasteiger partial charge >= 0.3 is 0 Å². The third kappa shape index (κ3) is 3.16. The highest BCUT2D eigenvalue weighted by atomic mass is 16.2. The molecule has 1 amide bonds. The summed E-state index contributed by atoms with van der Waals surface area (Å²) in [5, 5.41) is 6.54. The maximum Gasteiger partial charge on any atom is 0.264 e. The monoisotopic (exact) mass is 338 g/mol. The number of aromatic nitrogens is 2. The second-order valence-corrected chi connectivity index (χ2v) is 6.74. The number of fused-ring (bicyclic) bond motifs is 1. The van der Waals surface area contributed by atoms with Gasteiger partial charge in [-0.05, 0) is 36.5 Å². The third-order valence-electron chi connectivity index (χ3n) is 5.25. The number of hydrogen-bond donors (Lipinski definition) is 1. The highest BCUT2D eigenvalue weighted by molar-refractivity contribution is 5.84. The summed E-state index contributed by atoms with van der Waals surface area (Å²) in [6.45, 7) is 2.86. The van der Waals surface area contributed by atoms with Crippen molar-refractivity contribution in [3.63, 3.8) is 0 Å². The molecule has 2 heterocycles. The number of amides is 1. The second-order valence-electron chi connectivity index (χ2n) is 6.74. The van der Waals surface area contributed by atoms with Gasteiger partial charge in [0.2, 0.25) is 5.91 Å². The molecule has 25 heavy (non-hydrogen) atoms. The number of hydrogen-bond acceptors (Lipinski definition) is 4. The first-order valence-electron chi connectivity index (χ1n) is 8.89. The Morgan fingerprint density at radius 3 is 2.64 bits per heavy atom. The Kier molecular flexibility index (Phi) is 4.26. The van der Waals surface area contributed by atoms with Gasteiger partial charge in [-0.1, -0.05) is 24.3 Å². The fourth-order valence-corrected chi connectivity index (χ4v) is 3.90. The molecular formula is C19H22N4O2. The van der Waals surface area contributed by atoms with Crippen molar-refractivity contribution in [2.45, 2.75) is 25.2 Å². The zero-order valence-electron chi connectivity index (χ0n) is 14.1. The van der Waals surface area contributed by atoms with Crippen LogP contribution in [0.2, 0.25) is 0 Å². The largest absolute Gasteiger partial charge is 0.352 e. The zero-order chi connectivity index (χ0) is 17.2. The Balaban J connectivity index is 1.44. The van der Waals surface area contributed by atoms with Crippen molar-refractivity contribution in [3.8, 4) is 0 Å². The number of anilines is 1. The molecule has 1 atom stereocenters. The molecule has 0 bridgehead atoms. The van der Waals surface area contributed by atoms with Crippen LogP contribution in [0.4, 0.5) is 5.82 Å². The molecule has 1 aliphatic heterocycles. The van der Waals surface area contributed by atoms with E-state index in [-0.39, 0.29) is 17.4 Å². The molecule has 2 aromatic rings. The Morgan fingerprint density at radius 2 is 1.88 bits per heavy atom. The number of aryl methyl sites for hydroxylation is 1. The van der Waals surface area contributed by atoms with Gasteiger partial charge in [0.05, 0.1) is 5.92 Å². The minimum atomic E-state index is -0.200. The van der Waals surface area contributed by atoms with E-state index in [0.29, 0.717) is 13.1 Å². The Labute approximate surface area is 146 Å². The van der Waals surface area contributed by atoms with Crippen LogP contribution >= 0.6 is 0 Å². The van der Waals surface area contributed by atoms with Gasteiger partial charge in [0.25, 0.3) is 5.56 Å². The summed E-state index contributed by atoms with van der Waals surface area (Å²) in [5.41, 5.74) is 2.33. The molecule has 2 aliphatic rings. The van der Waals surface area contributed by atoms with Crippen LogP contribution in [0.1, 0.15) is 29.9 Å². The van der Waals surface area contributed by atoms with Gasteiger partial charge in [0, 0.05) is 32.2 Å². The fourth-order valence-electron chi connectivity index (χ4n) is 3.90. The van der Waals surface area contributed by atoms with Gasteiger partial charge in [-0.3, -0.25) is 9.59 Å². The van der Waals surface area contributed by atoms with E-state index in [9.17, 15) is 9.59 Å². The lowest BCUT2D eigenvalue weighted by atomic mass is 9.82. The maximum absolute atomic E-state index is 13.0. The zero-order valence-corrected chi connectivity index (χ0v) is 14.1. The van der Waals surface area contributed by atoms with E-state index in [1.807, 2.05) is 11.0 Å². The van der Waals surface area contributed by atoms with Gasteiger partial charge in [0.15, 0.2) is 0 Å². The standard InChI is InChI=1S/C19H22N4O2/c24-18-9-8-17(20-21-18)22-10-12-23(13-11-22)19(25)16-7-3-5-14-4-1-2-6-15(14)16/h1-2,4,6,8-9,16H,3,5,7,10-13H2,(H,21,24). The van der Waals surface area contributed by atoms with Gasteiger partial charge in [-0.2, -0.15) is 5.10 Å². The smallest absolute Gasteiger partial charge is 0.264 e. The minimum Gasteiger partial charge on any atom is -0.352 e. The molecule has 6 nitrogen and oxygen atoms in total. The first-order chi connectivity index (χ1) is 12.2. The molecule has 0 spiro atoms. The number of nitrogens with one attached hydrogen (secondary N) is 1. The molecule has 0 saturated carbocycles. The predicted octanol–water partition coefficient (Wildman–Crippen LogP) is 1.54. The molecule has 1 unspecified atom stereocenters. The van der Waals surface area contributed by atoms with Crippen LogP contribution in [-0.4, -0.2) is 47.2 Å². The topological polar surface area (TPSA) is 69.3 Å². The number of carbonyl (C=O) groups excluding carboxylic acids is 1. The lowest BCUT2D eigenvalue weighted by Gasteiger charge is -2.37. The van der Waals surface area contributed by atoms with Crippen molar-refractivity contribution in [1.29, 1.82) is 0 Å². The third-order valence-corrected chi connectivity index (χ3v) is 5.25. The van der Waals surface area contributed by atoms with Crippen molar-refractivity contribution in [3.05, 3.63) is 57.9 Å². The van der Waals surface area contributed by atoms with Crippen molar-refractivity contribution in [1.82, 2.24) is 15.1 Å². The first kappa shape index (κ1) is 15.9. The lowest BCUT2D eigenvalue weighted by molar-refractivity contribution is -0.133. The van der Waals surface area contributed by atoms with Gasteiger partial charge in [-0.15, -0.1) is 0 Å². The lowest BCUT2D eigenvalue weighted by Crippen LogP contribution is -2.50. The Hall–Kier alpha value is -2.63. The van der Waals surface area contributed by atoms with Crippen LogP contribution in [-0.2, 0) is 11.2 Å².